The zero-order chi connectivity index (χ0) is 32.6. The lowest BCUT2D eigenvalue weighted by Crippen LogP contribution is -2.19. The molecule has 0 spiro atoms. The first-order valence-electron chi connectivity index (χ1n) is 14.3. The highest BCUT2D eigenvalue weighted by Crippen LogP contribution is 2.38. The predicted molar refractivity (Wildman–Crippen MR) is 177 cm³/mol. The zero-order valence-corrected chi connectivity index (χ0v) is 26.3. The highest BCUT2D eigenvalue weighted by atomic mass is 32.1. The van der Waals surface area contributed by atoms with E-state index in [1.54, 1.807) is 43.6 Å². The molecule has 5 aromatic rings. The number of carbonyl (C=O) groups excluding carboxylic acids is 1. The number of nitrogen functional groups attached to an aromatic ring is 1. The number of likely N-dealkylation sites (N-methyl/N-ethyl adjacent to an activating group) is 1. The number of benzene rings is 3. The Labute approximate surface area is 269 Å². The second-order valence-electron chi connectivity index (χ2n) is 10.4. The molecule has 0 unspecified atom stereocenters. The summed E-state index contributed by atoms with van der Waals surface area (Å²) in [7, 11) is 5.53. The number of halogens is 2. The van der Waals surface area contributed by atoms with Gasteiger partial charge in [0.15, 0.2) is 16.6 Å². The largest absolute Gasteiger partial charge is 0.493 e. The third-order valence-corrected chi connectivity index (χ3v) is 7.80. The first-order valence-corrected chi connectivity index (χ1v) is 15.1. The number of alkyl halides is 2. The second kappa shape index (κ2) is 14.8. The lowest BCUT2D eigenvalue weighted by Gasteiger charge is -2.15. The van der Waals surface area contributed by atoms with Crippen molar-refractivity contribution in [3.8, 4) is 33.3 Å². The summed E-state index contributed by atoms with van der Waals surface area (Å²) in [5.74, 6) is 0.934. The van der Waals surface area contributed by atoms with Gasteiger partial charge in [-0.1, -0.05) is 41.7 Å². The highest BCUT2D eigenvalue weighted by molar-refractivity contribution is 7.19. The molecule has 10 nitrogen and oxygen atoms in total. The molecule has 3 aromatic carbocycles. The molecule has 13 heteroatoms. The number of hydrogen-bond acceptors (Lipinski definition) is 10. The topological polar surface area (TPSA) is 128 Å². The van der Waals surface area contributed by atoms with Crippen LogP contribution in [-0.2, 0) is 13.3 Å². The quantitative estimate of drug-likeness (QED) is 0.128. The average molecular weight is 646 g/mol. The maximum atomic E-state index is 13.6. The number of carbonyl (C=O) groups is 1. The molecule has 0 saturated heterocycles. The molecule has 238 valence electrons. The van der Waals surface area contributed by atoms with Gasteiger partial charge in [0.25, 0.3) is 5.91 Å². The Balaban J connectivity index is 1.39. The van der Waals surface area contributed by atoms with Crippen molar-refractivity contribution in [1.29, 1.82) is 0 Å². The minimum Gasteiger partial charge on any atom is -0.493 e. The van der Waals surface area contributed by atoms with Gasteiger partial charge in [0.05, 0.1) is 28.9 Å². The van der Waals surface area contributed by atoms with Crippen LogP contribution in [-0.4, -0.2) is 60.1 Å². The zero-order valence-electron chi connectivity index (χ0n) is 25.5. The van der Waals surface area contributed by atoms with Crippen LogP contribution < -0.4 is 25.8 Å². The molecule has 4 N–H and O–H groups in total. The van der Waals surface area contributed by atoms with Crippen molar-refractivity contribution in [2.45, 2.75) is 13.3 Å². The average Bonchev–Trinajstić information content (AvgIpc) is 3.46. The molecule has 0 aliphatic carbocycles. The lowest BCUT2D eigenvalue weighted by atomic mass is 10.0. The lowest BCUT2D eigenvalue weighted by molar-refractivity contribution is 0.102. The molecule has 0 aliphatic rings. The van der Waals surface area contributed by atoms with Crippen molar-refractivity contribution in [1.82, 2.24) is 19.9 Å². The van der Waals surface area contributed by atoms with Gasteiger partial charge in [-0.3, -0.25) is 4.79 Å². The van der Waals surface area contributed by atoms with E-state index in [1.165, 1.54) is 29.5 Å². The first-order chi connectivity index (χ1) is 22.3. The van der Waals surface area contributed by atoms with Gasteiger partial charge in [-0.25, -0.2) is 23.7 Å². The standard InChI is InChI=1S/C33H33F2N7O3S/c1-42(2)14-15-45-27-17-24(10-11-26(27)44-3)39-33-37-13-12-25(40-33)30-29(41-32(36)46-30)20-6-5-9-23(16-20)38-31(43)28-21(18-34)7-4-8-22(28)19-35/h4-13,16-17H,14-15,18-19H2,1-3H3,(H2,36,41)(H,38,43)(H,37,39,40). The highest BCUT2D eigenvalue weighted by Gasteiger charge is 2.19. The molecule has 2 aromatic heterocycles. The van der Waals surface area contributed by atoms with Crippen LogP contribution in [0.5, 0.6) is 11.5 Å². The molecular weight excluding hydrogens is 612 g/mol. The Morgan fingerprint density at radius 1 is 0.957 bits per heavy atom. The van der Waals surface area contributed by atoms with Crippen LogP contribution in [0.1, 0.15) is 21.5 Å². The van der Waals surface area contributed by atoms with Crippen LogP contribution in [0, 0.1) is 0 Å². The molecule has 5 rings (SSSR count). The SMILES string of the molecule is COc1ccc(Nc2nccc(-c3sc(N)nc3-c3cccc(NC(=O)c4c(CF)cccc4CF)c3)n2)cc1OCCN(C)C. The van der Waals surface area contributed by atoms with E-state index in [9.17, 15) is 13.6 Å². The molecular formula is C33H33F2N7O3S. The van der Waals surface area contributed by atoms with Crippen LogP contribution in [0.4, 0.5) is 31.2 Å². The molecule has 0 saturated carbocycles. The Kier molecular flexibility index (Phi) is 10.4. The summed E-state index contributed by atoms with van der Waals surface area (Å²) < 4.78 is 38.6. The third kappa shape index (κ3) is 7.56. The summed E-state index contributed by atoms with van der Waals surface area (Å²) in [5.41, 5.74) is 9.30. The number of thiazole rings is 1. The van der Waals surface area contributed by atoms with Crippen molar-refractivity contribution >= 4 is 39.7 Å². The van der Waals surface area contributed by atoms with E-state index in [2.05, 4.69) is 20.6 Å². The van der Waals surface area contributed by atoms with Crippen molar-refractivity contribution in [2.75, 3.05) is 50.7 Å². The summed E-state index contributed by atoms with van der Waals surface area (Å²) in [6, 6.07) is 18.7. The minimum absolute atomic E-state index is 0.0124. The van der Waals surface area contributed by atoms with Crippen molar-refractivity contribution in [3.63, 3.8) is 0 Å². The number of anilines is 4. The van der Waals surface area contributed by atoms with Crippen LogP contribution in [0.15, 0.2) is 72.9 Å². The number of methoxy groups -OCH3 is 1. The van der Waals surface area contributed by atoms with Gasteiger partial charge in [-0.15, -0.1) is 0 Å². The van der Waals surface area contributed by atoms with Gasteiger partial charge < -0.3 is 30.7 Å². The number of nitrogens with zero attached hydrogens (tertiary/aromatic N) is 4. The predicted octanol–water partition coefficient (Wildman–Crippen LogP) is 6.73. The molecule has 2 heterocycles. The molecule has 1 amide bonds. The van der Waals surface area contributed by atoms with E-state index in [-0.39, 0.29) is 16.7 Å². The number of ether oxygens (including phenoxy) is 2. The Bertz CT molecular complexity index is 1810. The number of nitrogens with one attached hydrogen (secondary N) is 2. The molecule has 0 bridgehead atoms. The Morgan fingerprint density at radius 2 is 1.72 bits per heavy atom. The number of rotatable bonds is 13. The third-order valence-electron chi connectivity index (χ3n) is 6.89. The summed E-state index contributed by atoms with van der Waals surface area (Å²) in [6.07, 6.45) is 1.63. The van der Waals surface area contributed by atoms with Crippen LogP contribution in [0.25, 0.3) is 21.8 Å². The fourth-order valence-corrected chi connectivity index (χ4v) is 5.52. The van der Waals surface area contributed by atoms with Gasteiger partial charge in [0.2, 0.25) is 5.95 Å². The fraction of sp³-hybridized carbons (Fsp3) is 0.212. The Hall–Kier alpha value is -5.14. The van der Waals surface area contributed by atoms with Gasteiger partial charge in [-0.2, -0.15) is 0 Å². The van der Waals surface area contributed by atoms with Crippen LogP contribution in [0.2, 0.25) is 0 Å². The summed E-state index contributed by atoms with van der Waals surface area (Å²) in [4.78, 5) is 29.5. The fourth-order valence-electron chi connectivity index (χ4n) is 4.69. The van der Waals surface area contributed by atoms with Gasteiger partial charge in [0, 0.05) is 35.7 Å². The monoisotopic (exact) mass is 645 g/mol. The molecule has 0 atom stereocenters. The first kappa shape index (κ1) is 32.3. The van der Waals surface area contributed by atoms with E-state index < -0.39 is 19.3 Å². The van der Waals surface area contributed by atoms with E-state index in [0.717, 1.165) is 6.54 Å². The number of nitrogens with two attached hydrogens (primary N) is 1. The summed E-state index contributed by atoms with van der Waals surface area (Å²) in [6.45, 7) is -0.548. The summed E-state index contributed by atoms with van der Waals surface area (Å²) in [5, 5.41) is 6.31. The molecule has 0 aliphatic heterocycles. The van der Waals surface area contributed by atoms with Crippen molar-refractivity contribution < 1.29 is 23.0 Å². The van der Waals surface area contributed by atoms with Crippen molar-refractivity contribution in [3.05, 3.63) is 89.6 Å². The van der Waals surface area contributed by atoms with E-state index in [0.29, 0.717) is 62.4 Å². The molecule has 46 heavy (non-hydrogen) atoms. The van der Waals surface area contributed by atoms with Crippen LogP contribution in [0.3, 0.4) is 0 Å². The smallest absolute Gasteiger partial charge is 0.256 e. The van der Waals surface area contributed by atoms with Crippen molar-refractivity contribution in [2.24, 2.45) is 0 Å². The number of aromatic nitrogens is 3. The second-order valence-corrected chi connectivity index (χ2v) is 11.4. The maximum Gasteiger partial charge on any atom is 0.256 e. The van der Waals surface area contributed by atoms with E-state index >= 15 is 0 Å². The number of hydrogen-bond donors (Lipinski definition) is 3. The molecule has 0 fully saturated rings. The normalized spacial score (nSPS) is 11.0. The van der Waals surface area contributed by atoms with E-state index in [1.807, 2.05) is 37.2 Å². The van der Waals surface area contributed by atoms with E-state index in [4.69, 9.17) is 20.2 Å². The van der Waals surface area contributed by atoms with Gasteiger partial charge >= 0.3 is 0 Å². The van der Waals surface area contributed by atoms with Crippen LogP contribution >= 0.6 is 11.3 Å². The molecule has 0 radical (unpaired) electrons. The number of amides is 1. The van der Waals surface area contributed by atoms with Gasteiger partial charge in [0.1, 0.15) is 20.0 Å². The Morgan fingerprint density at radius 3 is 2.43 bits per heavy atom. The minimum atomic E-state index is -0.891. The summed E-state index contributed by atoms with van der Waals surface area (Å²) >= 11 is 1.26. The van der Waals surface area contributed by atoms with Gasteiger partial charge in [-0.05, 0) is 55.6 Å². The maximum absolute atomic E-state index is 13.6.